The Hall–Kier alpha value is -7.64. The fraction of sp³-hybridized carbons (Fsp3) is 0.0526. The molecule has 0 heterocycles. The van der Waals surface area contributed by atoms with Crippen LogP contribution in [0.2, 0.25) is 0 Å². The van der Waals surface area contributed by atoms with Crippen molar-refractivity contribution in [1.82, 2.24) is 0 Å². The highest BCUT2D eigenvalue weighted by atomic mass is 16.5. The summed E-state index contributed by atoms with van der Waals surface area (Å²) >= 11 is 0. The van der Waals surface area contributed by atoms with Crippen molar-refractivity contribution in [1.29, 1.82) is 0 Å². The number of nitrogens with zero attached hydrogens (tertiary/aromatic N) is 2. The van der Waals surface area contributed by atoms with Gasteiger partial charge in [0.2, 0.25) is 0 Å². The lowest BCUT2D eigenvalue weighted by molar-refractivity contribution is 0.421. The lowest BCUT2D eigenvalue weighted by atomic mass is 9.77. The van der Waals surface area contributed by atoms with Crippen LogP contribution in [0.1, 0.15) is 25.0 Å². The predicted octanol–water partition coefficient (Wildman–Crippen LogP) is 13.7. The zero-order valence-electron chi connectivity index (χ0n) is 35.1. The van der Waals surface area contributed by atoms with Gasteiger partial charge in [-0.3, -0.25) is 0 Å². The summed E-state index contributed by atoms with van der Waals surface area (Å²) in [7, 11) is -1.84. The molecule has 10 rings (SSSR count). The largest absolute Gasteiger partial charge is 0.494 e. The first-order valence-electron chi connectivity index (χ1n) is 21.3. The summed E-state index contributed by atoms with van der Waals surface area (Å²) in [4.78, 5) is 4.35. The Labute approximate surface area is 369 Å². The number of rotatable bonds is 11. The number of hydrogen-bond donors (Lipinski definition) is 2. The first-order valence-corrected chi connectivity index (χ1v) is 21.3. The van der Waals surface area contributed by atoms with Crippen molar-refractivity contribution in [2.45, 2.75) is 19.3 Å². The second-order valence-electron chi connectivity index (χ2n) is 16.4. The quantitative estimate of drug-likeness (QED) is 0.127. The second-order valence-corrected chi connectivity index (χ2v) is 16.4. The van der Waals surface area contributed by atoms with Crippen LogP contribution >= 0.6 is 0 Å². The minimum atomic E-state index is -1.84. The van der Waals surface area contributed by atoms with E-state index in [2.05, 4.69) is 175 Å². The lowest BCUT2D eigenvalue weighted by Crippen LogP contribution is -2.35. The molecule has 0 fully saturated rings. The van der Waals surface area contributed by atoms with E-state index in [9.17, 15) is 10.0 Å². The molecule has 0 aromatic heterocycles. The van der Waals surface area contributed by atoms with E-state index in [1.165, 1.54) is 11.1 Å². The highest BCUT2D eigenvalue weighted by molar-refractivity contribution is 6.62. The van der Waals surface area contributed by atoms with Crippen LogP contribution in [0, 0.1) is 0 Å². The fourth-order valence-electron chi connectivity index (χ4n) is 9.02. The Bertz CT molecular complexity index is 2890. The van der Waals surface area contributed by atoms with E-state index >= 15 is 0 Å². The van der Waals surface area contributed by atoms with Gasteiger partial charge in [-0.1, -0.05) is 153 Å². The van der Waals surface area contributed by atoms with Crippen LogP contribution in [0.4, 0.5) is 34.1 Å². The molecule has 0 saturated carbocycles. The number of anilines is 6. The van der Waals surface area contributed by atoms with Crippen LogP contribution in [-0.2, 0) is 5.41 Å². The van der Waals surface area contributed by atoms with E-state index in [4.69, 9.17) is 4.74 Å². The molecule has 304 valence electrons. The summed E-state index contributed by atoms with van der Waals surface area (Å²) in [6.07, 6.45) is 0. The topological polar surface area (TPSA) is 56.2 Å². The summed E-state index contributed by atoms with van der Waals surface area (Å²) in [5.41, 5.74) is 14.6. The molecule has 1 aliphatic rings. The second kappa shape index (κ2) is 16.7. The van der Waals surface area contributed by atoms with E-state index in [0.29, 0.717) is 17.2 Å². The van der Waals surface area contributed by atoms with Crippen molar-refractivity contribution >= 4 is 46.7 Å². The molecular weight excluding hydrogens is 771 g/mol. The summed E-state index contributed by atoms with van der Waals surface area (Å²) in [6, 6.07) is 76.7. The van der Waals surface area contributed by atoms with Gasteiger partial charge in [-0.25, -0.2) is 0 Å². The summed E-state index contributed by atoms with van der Waals surface area (Å²) in [6.45, 7) is 4.54. The lowest BCUT2D eigenvalue weighted by Gasteiger charge is -2.29. The Morgan fingerprint density at radius 1 is 0.397 bits per heavy atom. The van der Waals surface area contributed by atoms with Crippen LogP contribution in [0.25, 0.3) is 33.4 Å². The van der Waals surface area contributed by atoms with Crippen molar-refractivity contribution in [3.63, 3.8) is 0 Å². The molecule has 0 unspecified atom stereocenters. The van der Waals surface area contributed by atoms with E-state index in [1.807, 2.05) is 66.7 Å². The molecule has 5 nitrogen and oxygen atoms in total. The Kier molecular flexibility index (Phi) is 10.5. The van der Waals surface area contributed by atoms with Gasteiger partial charge in [0, 0.05) is 45.0 Å². The Morgan fingerprint density at radius 3 is 1.40 bits per heavy atom. The molecule has 0 atom stereocenters. The molecule has 9 aromatic rings. The number of fused-ring (bicyclic) bond motifs is 3. The minimum absolute atomic E-state index is 0.254. The molecule has 9 aromatic carbocycles. The summed E-state index contributed by atoms with van der Waals surface area (Å²) in [5, 5.41) is 22.5. The number of ether oxygens (including phenoxy) is 1. The summed E-state index contributed by atoms with van der Waals surface area (Å²) < 4.78 is 6.72. The number of para-hydroxylation sites is 2. The van der Waals surface area contributed by atoms with Gasteiger partial charge in [0.1, 0.15) is 11.5 Å². The molecule has 0 bridgehead atoms. The molecule has 1 aliphatic carbocycles. The molecule has 0 saturated heterocycles. The molecule has 0 spiro atoms. The van der Waals surface area contributed by atoms with Crippen molar-refractivity contribution in [2.75, 3.05) is 9.80 Å². The van der Waals surface area contributed by atoms with E-state index in [-0.39, 0.29) is 10.9 Å². The third-order valence-electron chi connectivity index (χ3n) is 12.2. The average Bonchev–Trinajstić information content (AvgIpc) is 3.55. The molecule has 6 heteroatoms. The van der Waals surface area contributed by atoms with E-state index < -0.39 is 7.12 Å². The van der Waals surface area contributed by atoms with Gasteiger partial charge in [-0.15, -0.1) is 0 Å². The van der Waals surface area contributed by atoms with Crippen molar-refractivity contribution in [3.05, 3.63) is 236 Å². The maximum Gasteiger partial charge on any atom is 0.494 e. The average molecular weight is 817 g/mol. The van der Waals surface area contributed by atoms with E-state index in [0.717, 1.165) is 61.8 Å². The summed E-state index contributed by atoms with van der Waals surface area (Å²) in [5.74, 6) is 0.949. The number of hydrogen-bond acceptors (Lipinski definition) is 5. The number of benzene rings is 9. The highest BCUT2D eigenvalue weighted by Crippen LogP contribution is 2.52. The molecule has 0 aliphatic heterocycles. The Morgan fingerprint density at radius 2 is 0.873 bits per heavy atom. The van der Waals surface area contributed by atoms with Crippen LogP contribution in [0.3, 0.4) is 0 Å². The van der Waals surface area contributed by atoms with Gasteiger partial charge in [0.25, 0.3) is 0 Å². The predicted molar refractivity (Wildman–Crippen MR) is 261 cm³/mol. The van der Waals surface area contributed by atoms with Gasteiger partial charge in [-0.05, 0) is 129 Å². The molecule has 63 heavy (non-hydrogen) atoms. The smallest absolute Gasteiger partial charge is 0.458 e. The molecular formula is C57H45BN2O3. The van der Waals surface area contributed by atoms with Gasteiger partial charge in [0.05, 0.1) is 0 Å². The molecule has 0 radical (unpaired) electrons. The van der Waals surface area contributed by atoms with Gasteiger partial charge in [-0.2, -0.15) is 0 Å². The monoisotopic (exact) mass is 816 g/mol. The van der Waals surface area contributed by atoms with Gasteiger partial charge in [0.15, 0.2) is 0 Å². The van der Waals surface area contributed by atoms with Crippen LogP contribution in [-0.4, -0.2) is 17.2 Å². The van der Waals surface area contributed by atoms with Crippen molar-refractivity contribution < 1.29 is 14.8 Å². The van der Waals surface area contributed by atoms with Crippen LogP contribution in [0.5, 0.6) is 11.5 Å². The van der Waals surface area contributed by atoms with Crippen molar-refractivity contribution in [3.8, 4) is 44.9 Å². The molecule has 0 amide bonds. The van der Waals surface area contributed by atoms with Gasteiger partial charge < -0.3 is 24.6 Å². The van der Waals surface area contributed by atoms with Gasteiger partial charge >= 0.3 is 7.12 Å². The van der Waals surface area contributed by atoms with E-state index in [1.54, 1.807) is 6.07 Å². The SMILES string of the molecule is CC1(C)c2ccc(Oc3cccc(N(c4ccc(-c5ccccc5)cc4)c4ccc(-c5ccccc5)cc4)c3B(O)O)cc2-c2ccc(N(c3ccccc3)c3ccccc3)cc21. The first kappa shape index (κ1) is 39.5. The van der Waals surface area contributed by atoms with Crippen LogP contribution in [0.15, 0.2) is 224 Å². The maximum absolute atomic E-state index is 11.2. The fourth-order valence-corrected chi connectivity index (χ4v) is 9.02. The third-order valence-corrected chi connectivity index (χ3v) is 12.2. The Balaban J connectivity index is 1.03. The highest BCUT2D eigenvalue weighted by Gasteiger charge is 2.37. The standard InChI is InChI=1S/C57H45BN2O3/c1-57(2)52-37-35-49(39-51(52)50-36-34-48(38-53(50)57)59(44-20-11-5-12-21-44)45-22-13-6-14-23-45)63-55-25-15-24-54(56(55)58(61)62)60(46-30-26-42(27-31-46)40-16-7-3-8-17-40)47-32-28-43(29-33-47)41-18-9-4-10-19-41/h3-39,61-62H,1-2H3. The molecule has 2 N–H and O–H groups in total. The first-order chi connectivity index (χ1) is 30.8. The maximum atomic E-state index is 11.2. The van der Waals surface area contributed by atoms with Crippen LogP contribution < -0.4 is 20.0 Å². The van der Waals surface area contributed by atoms with Crippen molar-refractivity contribution in [2.24, 2.45) is 0 Å². The third kappa shape index (κ3) is 7.57. The minimum Gasteiger partial charge on any atom is -0.458 e. The zero-order chi connectivity index (χ0) is 42.9. The normalized spacial score (nSPS) is 12.3. The zero-order valence-corrected chi connectivity index (χ0v) is 35.1.